The summed E-state index contributed by atoms with van der Waals surface area (Å²) in [6.45, 7) is 0.554. The molecule has 2 heterocycles. The minimum Gasteiger partial charge on any atom is -0.478 e. The van der Waals surface area contributed by atoms with Crippen LogP contribution in [0.1, 0.15) is 15.9 Å². The van der Waals surface area contributed by atoms with Crippen molar-refractivity contribution in [1.29, 1.82) is 0 Å². The van der Waals surface area contributed by atoms with E-state index < -0.39 is 5.97 Å². The van der Waals surface area contributed by atoms with Crippen LogP contribution in [-0.4, -0.2) is 20.6 Å². The van der Waals surface area contributed by atoms with E-state index in [0.29, 0.717) is 22.6 Å². The van der Waals surface area contributed by atoms with Gasteiger partial charge in [-0.15, -0.1) is 0 Å². The van der Waals surface area contributed by atoms with E-state index in [0.717, 1.165) is 5.56 Å². The molecule has 0 spiro atoms. The second-order valence-electron chi connectivity index (χ2n) is 4.48. The number of carboxylic acids is 1. The number of aromatic carboxylic acids is 1. The van der Waals surface area contributed by atoms with Crippen molar-refractivity contribution in [2.24, 2.45) is 0 Å². The smallest absolute Gasteiger partial charge is 0.337 e. The minimum absolute atomic E-state index is 0.266. The molecule has 0 atom stereocenters. The number of fused-ring (bicyclic) bond motifs is 1. The molecule has 0 saturated carbocycles. The van der Waals surface area contributed by atoms with Gasteiger partial charge in [0.15, 0.2) is 0 Å². The second-order valence-corrected chi connectivity index (χ2v) is 4.91. The fourth-order valence-electron chi connectivity index (χ4n) is 2.20. The van der Waals surface area contributed by atoms with Gasteiger partial charge in [0.25, 0.3) is 0 Å². The van der Waals surface area contributed by atoms with Crippen LogP contribution in [0, 0.1) is 0 Å². The van der Waals surface area contributed by atoms with Gasteiger partial charge < -0.3 is 9.67 Å². The van der Waals surface area contributed by atoms with Crippen molar-refractivity contribution in [3.63, 3.8) is 0 Å². The normalized spacial score (nSPS) is 10.8. The van der Waals surface area contributed by atoms with E-state index in [1.807, 2.05) is 28.8 Å². The molecule has 0 aliphatic heterocycles. The molecule has 1 aromatic carbocycles. The molecule has 0 radical (unpaired) electrons. The van der Waals surface area contributed by atoms with Gasteiger partial charge in [-0.05, 0) is 29.8 Å². The number of aromatic nitrogens is 2. The summed E-state index contributed by atoms with van der Waals surface area (Å²) in [4.78, 5) is 15.5. The number of hydrogen-bond acceptors (Lipinski definition) is 2. The number of rotatable bonds is 3. The summed E-state index contributed by atoms with van der Waals surface area (Å²) < 4.78 is 1.84. The first kappa shape index (κ1) is 12.7. The molecule has 0 fully saturated rings. The predicted molar refractivity (Wildman–Crippen MR) is 77.2 cm³/mol. The predicted octanol–water partition coefficient (Wildman–Crippen LogP) is 3.44. The summed E-state index contributed by atoms with van der Waals surface area (Å²) in [5.41, 5.74) is 1.97. The van der Waals surface area contributed by atoms with E-state index in [9.17, 15) is 9.90 Å². The van der Waals surface area contributed by atoms with E-state index in [1.54, 1.807) is 24.5 Å². The van der Waals surface area contributed by atoms with E-state index in [-0.39, 0.29) is 5.56 Å². The first-order valence-electron chi connectivity index (χ1n) is 6.07. The van der Waals surface area contributed by atoms with Gasteiger partial charge in [0.1, 0.15) is 5.65 Å². The van der Waals surface area contributed by atoms with Crippen LogP contribution >= 0.6 is 11.6 Å². The van der Waals surface area contributed by atoms with Gasteiger partial charge in [-0.2, -0.15) is 0 Å². The molecule has 0 saturated heterocycles. The Morgan fingerprint density at radius 3 is 2.70 bits per heavy atom. The van der Waals surface area contributed by atoms with Crippen molar-refractivity contribution in [2.45, 2.75) is 6.54 Å². The maximum atomic E-state index is 11.3. The zero-order chi connectivity index (χ0) is 14.1. The first-order chi connectivity index (χ1) is 9.65. The Kier molecular flexibility index (Phi) is 3.16. The van der Waals surface area contributed by atoms with Crippen LogP contribution in [-0.2, 0) is 6.54 Å². The lowest BCUT2D eigenvalue weighted by molar-refractivity contribution is 0.0699. The lowest BCUT2D eigenvalue weighted by Gasteiger charge is -2.04. The van der Waals surface area contributed by atoms with Gasteiger partial charge in [-0.3, -0.25) is 0 Å². The van der Waals surface area contributed by atoms with Gasteiger partial charge in [-0.1, -0.05) is 23.7 Å². The number of nitrogens with zero attached hydrogens (tertiary/aromatic N) is 2. The Bertz CT molecular complexity index is 778. The second kappa shape index (κ2) is 4.98. The van der Waals surface area contributed by atoms with Crippen LogP contribution in [0.4, 0.5) is 0 Å². The van der Waals surface area contributed by atoms with Crippen LogP contribution in [0.25, 0.3) is 11.0 Å². The standard InChI is InChI=1S/C15H11ClN2O2/c16-11-5-3-10(4-6-11)8-18-9-13(15(19)20)12-2-1-7-17-14(12)18/h1-7,9H,8H2,(H,19,20). The highest BCUT2D eigenvalue weighted by molar-refractivity contribution is 6.30. The summed E-state index contributed by atoms with van der Waals surface area (Å²) in [5, 5.41) is 10.6. The van der Waals surface area contributed by atoms with Crippen LogP contribution in [0.3, 0.4) is 0 Å². The van der Waals surface area contributed by atoms with Gasteiger partial charge in [0, 0.05) is 29.3 Å². The number of halogens is 1. The Morgan fingerprint density at radius 2 is 2.00 bits per heavy atom. The molecular formula is C15H11ClN2O2. The summed E-state index contributed by atoms with van der Waals surface area (Å²) in [6, 6.07) is 11.0. The number of hydrogen-bond donors (Lipinski definition) is 1. The number of pyridine rings is 1. The Hall–Kier alpha value is -2.33. The van der Waals surface area contributed by atoms with Gasteiger partial charge >= 0.3 is 5.97 Å². The van der Waals surface area contributed by atoms with Crippen molar-refractivity contribution >= 4 is 28.6 Å². The number of benzene rings is 1. The summed E-state index contributed by atoms with van der Waals surface area (Å²) in [6.07, 6.45) is 3.28. The van der Waals surface area contributed by atoms with Crippen LogP contribution < -0.4 is 0 Å². The molecule has 5 heteroatoms. The summed E-state index contributed by atoms with van der Waals surface area (Å²) >= 11 is 5.86. The first-order valence-corrected chi connectivity index (χ1v) is 6.44. The molecule has 20 heavy (non-hydrogen) atoms. The maximum absolute atomic E-state index is 11.3. The molecule has 0 unspecified atom stereocenters. The Labute approximate surface area is 120 Å². The molecule has 100 valence electrons. The molecule has 2 aromatic heterocycles. The lowest BCUT2D eigenvalue weighted by Crippen LogP contribution is -1.99. The summed E-state index contributed by atoms with van der Waals surface area (Å²) in [5.74, 6) is -0.946. The van der Waals surface area contributed by atoms with E-state index in [2.05, 4.69) is 4.98 Å². The molecule has 3 rings (SSSR count). The average molecular weight is 287 g/mol. The Balaban J connectivity index is 2.07. The zero-order valence-corrected chi connectivity index (χ0v) is 11.2. The third-order valence-electron chi connectivity index (χ3n) is 3.13. The van der Waals surface area contributed by atoms with Crippen LogP contribution in [0.5, 0.6) is 0 Å². The number of carboxylic acid groups (broad SMARTS) is 1. The molecule has 0 aliphatic carbocycles. The van der Waals surface area contributed by atoms with Crippen LogP contribution in [0.15, 0.2) is 48.8 Å². The quantitative estimate of drug-likeness (QED) is 0.802. The van der Waals surface area contributed by atoms with Crippen molar-refractivity contribution in [2.75, 3.05) is 0 Å². The topological polar surface area (TPSA) is 55.1 Å². The van der Waals surface area contributed by atoms with Crippen molar-refractivity contribution in [3.8, 4) is 0 Å². The van der Waals surface area contributed by atoms with Crippen molar-refractivity contribution in [3.05, 3.63) is 64.9 Å². The third kappa shape index (κ3) is 2.26. The van der Waals surface area contributed by atoms with Crippen molar-refractivity contribution < 1.29 is 9.90 Å². The molecular weight excluding hydrogens is 276 g/mol. The van der Waals surface area contributed by atoms with Crippen molar-refractivity contribution in [1.82, 2.24) is 9.55 Å². The highest BCUT2D eigenvalue weighted by Crippen LogP contribution is 2.21. The zero-order valence-electron chi connectivity index (χ0n) is 10.5. The Morgan fingerprint density at radius 1 is 1.25 bits per heavy atom. The van der Waals surface area contributed by atoms with Gasteiger partial charge in [0.05, 0.1) is 5.56 Å². The fourth-order valence-corrected chi connectivity index (χ4v) is 2.33. The van der Waals surface area contributed by atoms with Crippen LogP contribution in [0.2, 0.25) is 5.02 Å². The largest absolute Gasteiger partial charge is 0.478 e. The summed E-state index contributed by atoms with van der Waals surface area (Å²) in [7, 11) is 0. The fraction of sp³-hybridized carbons (Fsp3) is 0.0667. The monoisotopic (exact) mass is 286 g/mol. The maximum Gasteiger partial charge on any atom is 0.337 e. The minimum atomic E-state index is -0.946. The lowest BCUT2D eigenvalue weighted by atomic mass is 10.2. The molecule has 0 amide bonds. The number of carbonyl (C=O) groups is 1. The highest BCUT2D eigenvalue weighted by Gasteiger charge is 2.14. The molecule has 0 bridgehead atoms. The molecule has 4 nitrogen and oxygen atoms in total. The third-order valence-corrected chi connectivity index (χ3v) is 3.38. The average Bonchev–Trinajstić information content (AvgIpc) is 2.81. The molecule has 1 N–H and O–H groups in total. The SMILES string of the molecule is O=C(O)c1cn(Cc2ccc(Cl)cc2)c2ncccc12. The van der Waals surface area contributed by atoms with E-state index in [4.69, 9.17) is 11.6 Å². The van der Waals surface area contributed by atoms with E-state index >= 15 is 0 Å². The van der Waals surface area contributed by atoms with Gasteiger partial charge in [-0.25, -0.2) is 9.78 Å². The van der Waals surface area contributed by atoms with E-state index in [1.165, 1.54) is 0 Å². The van der Waals surface area contributed by atoms with Gasteiger partial charge in [0.2, 0.25) is 0 Å². The molecule has 3 aromatic rings. The molecule has 0 aliphatic rings. The highest BCUT2D eigenvalue weighted by atomic mass is 35.5.